The third-order valence-electron chi connectivity index (χ3n) is 5.20. The van der Waals surface area contributed by atoms with Crippen molar-refractivity contribution in [2.24, 2.45) is 5.73 Å². The van der Waals surface area contributed by atoms with Gasteiger partial charge < -0.3 is 11.1 Å². The van der Waals surface area contributed by atoms with E-state index in [9.17, 15) is 22.8 Å². The summed E-state index contributed by atoms with van der Waals surface area (Å²) < 4.78 is 39.1. The summed E-state index contributed by atoms with van der Waals surface area (Å²) in [6, 6.07) is 6.54. The number of carbonyl (C=O) groups is 2. The fraction of sp³-hybridized carbons (Fsp3) is 0.300. The zero-order valence-electron chi connectivity index (χ0n) is 15.7. The zero-order valence-corrected chi connectivity index (χ0v) is 15.7. The third-order valence-corrected chi connectivity index (χ3v) is 5.20. The van der Waals surface area contributed by atoms with E-state index in [2.05, 4.69) is 15.4 Å². The van der Waals surface area contributed by atoms with Gasteiger partial charge in [-0.3, -0.25) is 9.59 Å². The minimum absolute atomic E-state index is 0.0818. The van der Waals surface area contributed by atoms with Gasteiger partial charge in [-0.1, -0.05) is 18.2 Å². The fourth-order valence-electron chi connectivity index (χ4n) is 3.83. The van der Waals surface area contributed by atoms with Crippen LogP contribution in [0, 0.1) is 0 Å². The van der Waals surface area contributed by atoms with E-state index < -0.39 is 24.4 Å². The molecule has 1 atom stereocenters. The summed E-state index contributed by atoms with van der Waals surface area (Å²) in [7, 11) is 0. The normalized spacial score (nSPS) is 15.9. The smallest absolute Gasteiger partial charge is 0.365 e. The number of fused-ring (bicyclic) bond motifs is 2. The Bertz CT molecular complexity index is 1140. The molecule has 0 radical (unpaired) electrons. The van der Waals surface area contributed by atoms with Crippen molar-refractivity contribution >= 4 is 17.5 Å². The van der Waals surface area contributed by atoms with Crippen LogP contribution in [0.3, 0.4) is 0 Å². The lowest BCUT2D eigenvalue weighted by molar-refractivity contribution is -0.134. The van der Waals surface area contributed by atoms with Gasteiger partial charge in [0, 0.05) is 18.7 Å². The van der Waals surface area contributed by atoms with Crippen molar-refractivity contribution in [1.29, 1.82) is 0 Å². The fourth-order valence-corrected chi connectivity index (χ4v) is 3.83. The molecule has 1 aliphatic carbocycles. The molecule has 2 aromatic heterocycles. The molecular formula is C20H18F3N5O2. The van der Waals surface area contributed by atoms with Crippen molar-refractivity contribution in [1.82, 2.24) is 19.9 Å². The lowest BCUT2D eigenvalue weighted by Crippen LogP contribution is -2.36. The number of benzene rings is 1. The van der Waals surface area contributed by atoms with Crippen LogP contribution in [0.1, 0.15) is 44.0 Å². The van der Waals surface area contributed by atoms with Gasteiger partial charge in [0.05, 0.1) is 6.20 Å². The second-order valence-electron chi connectivity index (χ2n) is 7.24. The second-order valence-corrected chi connectivity index (χ2v) is 7.24. The lowest BCUT2D eigenvalue weighted by atomic mass is 9.99. The van der Waals surface area contributed by atoms with E-state index in [4.69, 9.17) is 5.73 Å². The molecule has 0 saturated heterocycles. The molecule has 1 unspecified atom stereocenters. The molecule has 3 aromatic rings. The molecule has 156 valence electrons. The van der Waals surface area contributed by atoms with Crippen LogP contribution in [0.4, 0.5) is 13.2 Å². The Balaban J connectivity index is 1.51. The Morgan fingerprint density at radius 3 is 2.77 bits per heavy atom. The summed E-state index contributed by atoms with van der Waals surface area (Å²) >= 11 is 0. The Hall–Kier alpha value is -3.43. The molecule has 0 bridgehead atoms. The highest BCUT2D eigenvalue weighted by Crippen LogP contribution is 2.29. The van der Waals surface area contributed by atoms with Gasteiger partial charge in [0.25, 0.3) is 11.8 Å². The SMILES string of the molecule is NC(=O)c1cnn2c(C(=O)NC3Cc4cccc(CCC(F)(F)F)c4C3)ccnc12. The first-order valence-electron chi connectivity index (χ1n) is 9.33. The maximum absolute atomic E-state index is 12.8. The van der Waals surface area contributed by atoms with E-state index in [-0.39, 0.29) is 29.4 Å². The number of rotatable bonds is 5. The van der Waals surface area contributed by atoms with E-state index in [1.807, 2.05) is 6.07 Å². The number of hydrogen-bond donors (Lipinski definition) is 2. The molecule has 3 N–H and O–H groups in total. The van der Waals surface area contributed by atoms with Crippen LogP contribution >= 0.6 is 0 Å². The Morgan fingerprint density at radius 1 is 1.23 bits per heavy atom. The van der Waals surface area contributed by atoms with E-state index in [0.717, 1.165) is 11.1 Å². The predicted molar refractivity (Wildman–Crippen MR) is 101 cm³/mol. The van der Waals surface area contributed by atoms with E-state index in [0.29, 0.717) is 18.4 Å². The number of carbonyl (C=O) groups excluding carboxylic acids is 2. The highest BCUT2D eigenvalue weighted by Gasteiger charge is 2.30. The van der Waals surface area contributed by atoms with E-state index in [1.165, 1.54) is 23.0 Å². The van der Waals surface area contributed by atoms with Gasteiger partial charge in [-0.15, -0.1) is 0 Å². The summed E-state index contributed by atoms with van der Waals surface area (Å²) in [4.78, 5) is 28.3. The lowest BCUT2D eigenvalue weighted by Gasteiger charge is -2.13. The molecule has 0 aliphatic heterocycles. The van der Waals surface area contributed by atoms with Crippen molar-refractivity contribution in [3.8, 4) is 0 Å². The molecule has 30 heavy (non-hydrogen) atoms. The number of primary amides is 1. The van der Waals surface area contributed by atoms with Crippen molar-refractivity contribution < 1.29 is 22.8 Å². The summed E-state index contributed by atoms with van der Waals surface area (Å²) in [5, 5.41) is 6.93. The molecule has 10 heteroatoms. The number of nitrogens with zero attached hydrogens (tertiary/aromatic N) is 3. The van der Waals surface area contributed by atoms with Gasteiger partial charge in [-0.2, -0.15) is 18.3 Å². The zero-order chi connectivity index (χ0) is 21.5. The Labute approximate surface area is 169 Å². The highest BCUT2D eigenvalue weighted by molar-refractivity contribution is 5.99. The summed E-state index contributed by atoms with van der Waals surface area (Å²) in [5.74, 6) is -1.12. The van der Waals surface area contributed by atoms with Gasteiger partial charge in [0.1, 0.15) is 11.3 Å². The average Bonchev–Trinajstić information content (AvgIpc) is 3.29. The molecule has 7 nitrogen and oxygen atoms in total. The van der Waals surface area contributed by atoms with Crippen LogP contribution in [-0.4, -0.2) is 38.6 Å². The van der Waals surface area contributed by atoms with Gasteiger partial charge in [-0.25, -0.2) is 9.50 Å². The summed E-state index contributed by atoms with van der Waals surface area (Å²) in [6.07, 6.45) is -1.56. The minimum atomic E-state index is -4.21. The largest absolute Gasteiger partial charge is 0.389 e. The predicted octanol–water partition coefficient (Wildman–Crippen LogP) is 2.22. The topological polar surface area (TPSA) is 102 Å². The van der Waals surface area contributed by atoms with Crippen molar-refractivity contribution in [3.05, 3.63) is 64.6 Å². The molecule has 0 saturated carbocycles. The maximum atomic E-state index is 12.8. The molecular weight excluding hydrogens is 399 g/mol. The first-order valence-corrected chi connectivity index (χ1v) is 9.33. The van der Waals surface area contributed by atoms with Crippen LogP contribution in [0.15, 0.2) is 36.7 Å². The summed E-state index contributed by atoms with van der Waals surface area (Å²) in [5.41, 5.74) is 8.22. The number of aromatic nitrogens is 3. The molecule has 1 aliphatic rings. The van der Waals surface area contributed by atoms with Gasteiger partial charge in [0.15, 0.2) is 5.65 Å². The number of nitrogens with one attached hydrogen (secondary N) is 1. The van der Waals surface area contributed by atoms with E-state index >= 15 is 0 Å². The summed E-state index contributed by atoms with van der Waals surface area (Å²) in [6.45, 7) is 0. The monoisotopic (exact) mass is 417 g/mol. The van der Waals surface area contributed by atoms with E-state index in [1.54, 1.807) is 12.1 Å². The molecule has 2 heterocycles. The standard InChI is InChI=1S/C20H18F3N5O2/c21-20(22,23)6-4-11-2-1-3-12-8-13(9-14(11)12)27-19(30)16-5-7-25-18-15(17(24)29)10-26-28(16)18/h1-3,5,7,10,13H,4,6,8-9H2,(H2,24,29)(H,27,30). The van der Waals surface area contributed by atoms with Gasteiger partial charge >= 0.3 is 6.18 Å². The van der Waals surface area contributed by atoms with Crippen molar-refractivity contribution in [3.63, 3.8) is 0 Å². The molecule has 1 aromatic carbocycles. The first-order chi connectivity index (χ1) is 14.2. The van der Waals surface area contributed by atoms with Crippen LogP contribution in [0.5, 0.6) is 0 Å². The number of nitrogens with two attached hydrogens (primary N) is 1. The Kier molecular flexibility index (Phi) is 4.92. The average molecular weight is 417 g/mol. The number of alkyl halides is 3. The highest BCUT2D eigenvalue weighted by atomic mass is 19.4. The van der Waals surface area contributed by atoms with Crippen molar-refractivity contribution in [2.75, 3.05) is 0 Å². The van der Waals surface area contributed by atoms with Crippen LogP contribution in [0.25, 0.3) is 5.65 Å². The number of hydrogen-bond acceptors (Lipinski definition) is 4. The molecule has 2 amide bonds. The Morgan fingerprint density at radius 2 is 2.03 bits per heavy atom. The quantitative estimate of drug-likeness (QED) is 0.665. The number of aryl methyl sites for hydroxylation is 1. The molecule has 0 spiro atoms. The van der Waals surface area contributed by atoms with Crippen LogP contribution in [0.2, 0.25) is 0 Å². The van der Waals surface area contributed by atoms with Crippen molar-refractivity contribution in [2.45, 2.75) is 37.9 Å². The van der Waals surface area contributed by atoms with Gasteiger partial charge in [0.2, 0.25) is 0 Å². The van der Waals surface area contributed by atoms with Gasteiger partial charge in [-0.05, 0) is 42.0 Å². The third kappa shape index (κ3) is 3.85. The van der Waals surface area contributed by atoms with Crippen LogP contribution in [-0.2, 0) is 19.3 Å². The first kappa shape index (κ1) is 19.9. The van der Waals surface area contributed by atoms with Crippen LogP contribution < -0.4 is 11.1 Å². The minimum Gasteiger partial charge on any atom is -0.365 e. The maximum Gasteiger partial charge on any atom is 0.389 e. The number of halogens is 3. The number of amides is 2. The second kappa shape index (κ2) is 7.43. The molecule has 4 rings (SSSR count). The molecule has 0 fully saturated rings.